The summed E-state index contributed by atoms with van der Waals surface area (Å²) in [7, 11) is 0. The van der Waals surface area contributed by atoms with Crippen molar-refractivity contribution in [1.82, 2.24) is 20.2 Å². The SMILES string of the molecule is CC(C)Oc1ncc(C(=O)Nc2ccccc2-c2nc(-c3ccccc3)n[nH]2)cc1Cl. The van der Waals surface area contributed by atoms with Gasteiger partial charge in [0.1, 0.15) is 5.02 Å². The molecular weight excluding hydrogens is 414 g/mol. The maximum Gasteiger partial charge on any atom is 0.257 e. The lowest BCUT2D eigenvalue weighted by atomic mass is 10.1. The summed E-state index contributed by atoms with van der Waals surface area (Å²) in [6.45, 7) is 3.75. The number of aromatic nitrogens is 4. The summed E-state index contributed by atoms with van der Waals surface area (Å²) in [5.74, 6) is 1.07. The molecule has 7 nitrogen and oxygen atoms in total. The van der Waals surface area contributed by atoms with E-state index in [4.69, 9.17) is 16.3 Å². The minimum Gasteiger partial charge on any atom is -0.474 e. The fraction of sp³-hybridized carbons (Fsp3) is 0.130. The van der Waals surface area contributed by atoms with Gasteiger partial charge in [-0.25, -0.2) is 9.97 Å². The van der Waals surface area contributed by atoms with E-state index in [-0.39, 0.29) is 17.0 Å². The predicted octanol–water partition coefficient (Wildman–Crippen LogP) is 5.23. The van der Waals surface area contributed by atoms with Crippen LogP contribution in [0.3, 0.4) is 0 Å². The van der Waals surface area contributed by atoms with Crippen LogP contribution < -0.4 is 10.1 Å². The molecule has 0 atom stereocenters. The molecule has 4 rings (SSSR count). The molecule has 0 saturated carbocycles. The van der Waals surface area contributed by atoms with Crippen LogP contribution in [0.2, 0.25) is 5.02 Å². The molecule has 0 spiro atoms. The lowest BCUT2D eigenvalue weighted by Crippen LogP contribution is -2.14. The number of H-pyrrole nitrogens is 1. The van der Waals surface area contributed by atoms with Crippen LogP contribution in [0.4, 0.5) is 5.69 Å². The number of nitrogens with zero attached hydrogens (tertiary/aromatic N) is 3. The van der Waals surface area contributed by atoms with E-state index in [0.29, 0.717) is 34.3 Å². The number of rotatable bonds is 6. The van der Waals surface area contributed by atoms with Crippen LogP contribution in [-0.2, 0) is 0 Å². The van der Waals surface area contributed by atoms with E-state index in [2.05, 4.69) is 25.5 Å². The minimum atomic E-state index is -0.347. The predicted molar refractivity (Wildman–Crippen MR) is 120 cm³/mol. The standard InChI is InChI=1S/C23H20ClN5O2/c1-14(2)31-23-18(24)12-16(13-25-23)22(30)26-19-11-7-6-10-17(19)21-27-20(28-29-21)15-8-4-3-5-9-15/h3-14H,1-2H3,(H,26,30)(H,27,28,29). The summed E-state index contributed by atoms with van der Waals surface area (Å²) in [4.78, 5) is 21.5. The van der Waals surface area contributed by atoms with Gasteiger partial charge in [-0.1, -0.05) is 54.1 Å². The maximum absolute atomic E-state index is 12.8. The third-order valence-corrected chi connectivity index (χ3v) is 4.64. The highest BCUT2D eigenvalue weighted by atomic mass is 35.5. The number of nitrogens with one attached hydrogen (secondary N) is 2. The van der Waals surface area contributed by atoms with Crippen LogP contribution in [0, 0.1) is 0 Å². The Morgan fingerprint density at radius 1 is 1.10 bits per heavy atom. The number of benzene rings is 2. The second-order valence-corrected chi connectivity index (χ2v) is 7.46. The summed E-state index contributed by atoms with van der Waals surface area (Å²) in [5, 5.41) is 10.4. The number of halogens is 1. The van der Waals surface area contributed by atoms with Crippen molar-refractivity contribution in [2.24, 2.45) is 0 Å². The zero-order valence-electron chi connectivity index (χ0n) is 17.0. The van der Waals surface area contributed by atoms with Gasteiger partial charge in [-0.15, -0.1) is 0 Å². The van der Waals surface area contributed by atoms with Gasteiger partial charge in [0.25, 0.3) is 5.91 Å². The van der Waals surface area contributed by atoms with E-state index in [0.717, 1.165) is 5.56 Å². The second kappa shape index (κ2) is 8.97. The molecule has 0 aliphatic rings. The van der Waals surface area contributed by atoms with Crippen molar-refractivity contribution in [3.63, 3.8) is 0 Å². The molecule has 4 aromatic rings. The van der Waals surface area contributed by atoms with Gasteiger partial charge < -0.3 is 10.1 Å². The number of para-hydroxylation sites is 1. The Morgan fingerprint density at radius 2 is 1.84 bits per heavy atom. The van der Waals surface area contributed by atoms with Crippen molar-refractivity contribution >= 4 is 23.2 Å². The highest BCUT2D eigenvalue weighted by Gasteiger charge is 2.16. The van der Waals surface area contributed by atoms with Crippen LogP contribution in [-0.4, -0.2) is 32.2 Å². The topological polar surface area (TPSA) is 92.8 Å². The maximum atomic E-state index is 12.8. The first kappa shape index (κ1) is 20.6. The van der Waals surface area contributed by atoms with Crippen LogP contribution >= 0.6 is 11.6 Å². The fourth-order valence-electron chi connectivity index (χ4n) is 2.95. The van der Waals surface area contributed by atoms with E-state index in [1.165, 1.54) is 12.3 Å². The van der Waals surface area contributed by atoms with Gasteiger partial charge in [0.15, 0.2) is 11.6 Å². The van der Waals surface area contributed by atoms with Gasteiger partial charge in [-0.2, -0.15) is 5.10 Å². The molecule has 0 saturated heterocycles. The number of carbonyl (C=O) groups is 1. The van der Waals surface area contributed by atoms with Gasteiger partial charge in [0.2, 0.25) is 5.88 Å². The Kier molecular flexibility index (Phi) is 5.95. The molecule has 0 fully saturated rings. The highest BCUT2D eigenvalue weighted by molar-refractivity contribution is 6.32. The Balaban J connectivity index is 1.58. The quantitative estimate of drug-likeness (QED) is 0.434. The summed E-state index contributed by atoms with van der Waals surface area (Å²) in [6, 6.07) is 18.5. The van der Waals surface area contributed by atoms with Gasteiger partial charge in [0, 0.05) is 17.3 Å². The van der Waals surface area contributed by atoms with Crippen molar-refractivity contribution < 1.29 is 9.53 Å². The van der Waals surface area contributed by atoms with Crippen molar-refractivity contribution in [2.45, 2.75) is 20.0 Å². The van der Waals surface area contributed by atoms with Crippen molar-refractivity contribution in [1.29, 1.82) is 0 Å². The minimum absolute atomic E-state index is 0.0702. The number of aromatic amines is 1. The molecule has 156 valence electrons. The molecule has 1 amide bonds. The molecule has 0 bridgehead atoms. The number of amides is 1. The lowest BCUT2D eigenvalue weighted by molar-refractivity contribution is 0.102. The summed E-state index contributed by atoms with van der Waals surface area (Å²) < 4.78 is 5.52. The second-order valence-electron chi connectivity index (χ2n) is 7.05. The van der Waals surface area contributed by atoms with Crippen molar-refractivity contribution in [2.75, 3.05) is 5.32 Å². The zero-order chi connectivity index (χ0) is 21.8. The van der Waals surface area contributed by atoms with Gasteiger partial charge in [0.05, 0.1) is 17.4 Å². The average molecular weight is 434 g/mol. The van der Waals surface area contributed by atoms with Crippen molar-refractivity contribution in [3.05, 3.63) is 77.4 Å². The monoisotopic (exact) mass is 433 g/mol. The van der Waals surface area contributed by atoms with E-state index in [1.807, 2.05) is 62.4 Å². The molecule has 2 heterocycles. The third-order valence-electron chi connectivity index (χ3n) is 4.36. The molecule has 2 N–H and O–H groups in total. The summed E-state index contributed by atoms with van der Waals surface area (Å²) in [6.07, 6.45) is 1.36. The molecule has 0 aliphatic heterocycles. The lowest BCUT2D eigenvalue weighted by Gasteiger charge is -2.12. The van der Waals surface area contributed by atoms with Crippen LogP contribution in [0.15, 0.2) is 66.9 Å². The first-order valence-electron chi connectivity index (χ1n) is 9.72. The third kappa shape index (κ3) is 4.73. The van der Waals surface area contributed by atoms with Gasteiger partial charge >= 0.3 is 0 Å². The van der Waals surface area contributed by atoms with Gasteiger partial charge in [-0.3, -0.25) is 9.89 Å². The van der Waals surface area contributed by atoms with Gasteiger partial charge in [-0.05, 0) is 32.0 Å². The van der Waals surface area contributed by atoms with Crippen LogP contribution in [0.25, 0.3) is 22.8 Å². The molecule has 31 heavy (non-hydrogen) atoms. The Morgan fingerprint density at radius 3 is 2.58 bits per heavy atom. The zero-order valence-corrected chi connectivity index (χ0v) is 17.7. The first-order chi connectivity index (χ1) is 15.0. The number of anilines is 1. The fourth-order valence-corrected chi connectivity index (χ4v) is 3.16. The Labute approximate surface area is 184 Å². The largest absolute Gasteiger partial charge is 0.474 e. The van der Waals surface area contributed by atoms with E-state index < -0.39 is 0 Å². The number of pyridine rings is 1. The van der Waals surface area contributed by atoms with Crippen LogP contribution in [0.1, 0.15) is 24.2 Å². The molecule has 0 radical (unpaired) electrons. The summed E-state index contributed by atoms with van der Waals surface area (Å²) in [5.41, 5.74) is 2.51. The smallest absolute Gasteiger partial charge is 0.257 e. The number of ether oxygens (including phenoxy) is 1. The molecule has 2 aromatic carbocycles. The molecular formula is C23H20ClN5O2. The number of hydrogen-bond donors (Lipinski definition) is 2. The number of hydrogen-bond acceptors (Lipinski definition) is 5. The first-order valence-corrected chi connectivity index (χ1v) is 10.1. The molecule has 0 aliphatic carbocycles. The number of carbonyl (C=O) groups excluding carboxylic acids is 1. The van der Waals surface area contributed by atoms with E-state index in [1.54, 1.807) is 6.07 Å². The Bertz CT molecular complexity index is 1210. The highest BCUT2D eigenvalue weighted by Crippen LogP contribution is 2.28. The molecule has 2 aromatic heterocycles. The van der Waals surface area contributed by atoms with Crippen LogP contribution in [0.5, 0.6) is 5.88 Å². The van der Waals surface area contributed by atoms with E-state index in [9.17, 15) is 4.79 Å². The summed E-state index contributed by atoms with van der Waals surface area (Å²) >= 11 is 6.22. The molecule has 8 heteroatoms. The normalized spacial score (nSPS) is 10.8. The average Bonchev–Trinajstić information content (AvgIpc) is 3.26. The van der Waals surface area contributed by atoms with Crippen molar-refractivity contribution in [3.8, 4) is 28.7 Å². The van der Waals surface area contributed by atoms with E-state index >= 15 is 0 Å². The Hall–Kier alpha value is -3.71. The molecule has 0 unspecified atom stereocenters.